The summed E-state index contributed by atoms with van der Waals surface area (Å²) in [6, 6.07) is 10.9. The summed E-state index contributed by atoms with van der Waals surface area (Å²) in [5.74, 6) is 2.57. The van der Waals surface area contributed by atoms with E-state index < -0.39 is 0 Å². The van der Waals surface area contributed by atoms with Crippen molar-refractivity contribution in [2.45, 2.75) is 18.8 Å². The van der Waals surface area contributed by atoms with Crippen molar-refractivity contribution in [3.63, 3.8) is 0 Å². The van der Waals surface area contributed by atoms with E-state index in [0.29, 0.717) is 60.9 Å². The molecule has 2 aromatic heterocycles. The van der Waals surface area contributed by atoms with Gasteiger partial charge >= 0.3 is 6.03 Å². The zero-order chi connectivity index (χ0) is 20.3. The number of fused-ring (bicyclic) bond motifs is 1. The number of urea groups is 1. The zero-order valence-corrected chi connectivity index (χ0v) is 16.3. The fourth-order valence-corrected chi connectivity index (χ4v) is 3.65. The Kier molecular flexibility index (Phi) is 4.92. The molecule has 9 heteroatoms. The van der Waals surface area contributed by atoms with Crippen LogP contribution in [-0.2, 0) is 0 Å². The number of carbonyl (C=O) groups is 1. The Balaban J connectivity index is 1.18. The molecular weight excluding hydrogens is 386 g/mol. The lowest BCUT2D eigenvalue weighted by atomic mass is 9.97. The van der Waals surface area contributed by atoms with Gasteiger partial charge < -0.3 is 24.2 Å². The lowest BCUT2D eigenvalue weighted by Crippen LogP contribution is -2.40. The van der Waals surface area contributed by atoms with E-state index in [1.165, 1.54) is 0 Å². The van der Waals surface area contributed by atoms with Gasteiger partial charge in [-0.1, -0.05) is 11.2 Å². The van der Waals surface area contributed by atoms with E-state index in [1.807, 2.05) is 30.3 Å². The summed E-state index contributed by atoms with van der Waals surface area (Å²) in [6.45, 7) is 2.28. The predicted molar refractivity (Wildman–Crippen MR) is 108 cm³/mol. The first-order valence-electron chi connectivity index (χ1n) is 9.97. The van der Waals surface area contributed by atoms with E-state index in [-0.39, 0.29) is 11.9 Å². The molecule has 0 atom stereocenters. The number of rotatable bonds is 3. The maximum absolute atomic E-state index is 12.7. The number of aromatic nitrogens is 3. The molecule has 154 valence electrons. The average Bonchev–Trinajstić information content (AvgIpc) is 3.30. The number of ether oxygens (including phenoxy) is 2. The zero-order valence-electron chi connectivity index (χ0n) is 16.3. The van der Waals surface area contributed by atoms with Crippen molar-refractivity contribution in [2.75, 3.05) is 31.6 Å². The number of nitrogens with one attached hydrogen (secondary N) is 1. The molecular formula is C21H21N5O4. The van der Waals surface area contributed by atoms with Gasteiger partial charge in [0.05, 0.1) is 0 Å². The number of carbonyl (C=O) groups excluding carboxylic acids is 1. The highest BCUT2D eigenvalue weighted by atomic mass is 16.6. The number of hydrogen-bond acceptors (Lipinski definition) is 7. The molecule has 0 aliphatic carbocycles. The maximum atomic E-state index is 12.7. The molecule has 1 N–H and O–H groups in total. The Hall–Kier alpha value is -3.62. The highest BCUT2D eigenvalue weighted by Gasteiger charge is 2.28. The number of nitrogens with zero attached hydrogens (tertiary/aromatic N) is 4. The molecule has 1 fully saturated rings. The molecule has 2 aliphatic heterocycles. The van der Waals surface area contributed by atoms with E-state index in [1.54, 1.807) is 17.2 Å². The van der Waals surface area contributed by atoms with Crippen LogP contribution in [0.5, 0.6) is 11.5 Å². The molecule has 2 amide bonds. The van der Waals surface area contributed by atoms with Crippen LogP contribution in [0.3, 0.4) is 0 Å². The molecule has 0 radical (unpaired) electrons. The van der Waals surface area contributed by atoms with Crippen molar-refractivity contribution in [1.82, 2.24) is 20.0 Å². The third-order valence-electron chi connectivity index (χ3n) is 5.26. The van der Waals surface area contributed by atoms with Crippen molar-refractivity contribution in [2.24, 2.45) is 0 Å². The van der Waals surface area contributed by atoms with Gasteiger partial charge in [0.15, 0.2) is 11.5 Å². The molecule has 1 saturated heterocycles. The van der Waals surface area contributed by atoms with Crippen LogP contribution >= 0.6 is 0 Å². The highest BCUT2D eigenvalue weighted by molar-refractivity contribution is 5.89. The van der Waals surface area contributed by atoms with Crippen molar-refractivity contribution >= 4 is 11.7 Å². The van der Waals surface area contributed by atoms with Crippen LogP contribution < -0.4 is 14.8 Å². The smallest absolute Gasteiger partial charge is 0.321 e. The summed E-state index contributed by atoms with van der Waals surface area (Å²) in [4.78, 5) is 23.2. The normalized spacial score (nSPS) is 16.3. The quantitative estimate of drug-likeness (QED) is 0.710. The minimum Gasteiger partial charge on any atom is -0.486 e. The summed E-state index contributed by atoms with van der Waals surface area (Å²) < 4.78 is 16.5. The van der Waals surface area contributed by atoms with Crippen LogP contribution in [0.25, 0.3) is 11.5 Å². The second-order valence-electron chi connectivity index (χ2n) is 7.22. The average molecular weight is 407 g/mol. The minimum absolute atomic E-state index is 0.133. The van der Waals surface area contributed by atoms with Crippen LogP contribution in [0.4, 0.5) is 10.5 Å². The Bertz CT molecular complexity index is 1030. The maximum Gasteiger partial charge on any atom is 0.321 e. The monoisotopic (exact) mass is 407 g/mol. The SMILES string of the molecule is O=C(Nc1ccc2c(c1)OCCO2)N1CCC(c2nc(-c3ccccn3)no2)CC1. The first-order chi connectivity index (χ1) is 14.8. The van der Waals surface area contributed by atoms with Crippen molar-refractivity contribution in [1.29, 1.82) is 0 Å². The third-order valence-corrected chi connectivity index (χ3v) is 5.26. The Labute approximate surface area is 173 Å². The molecule has 3 aromatic rings. The first kappa shape index (κ1) is 18.4. The van der Waals surface area contributed by atoms with Gasteiger partial charge in [0.2, 0.25) is 11.7 Å². The third kappa shape index (κ3) is 3.78. The lowest BCUT2D eigenvalue weighted by molar-refractivity contribution is 0.171. The number of benzene rings is 1. The summed E-state index contributed by atoms with van der Waals surface area (Å²) in [7, 11) is 0. The molecule has 2 aliphatic rings. The molecule has 4 heterocycles. The summed E-state index contributed by atoms with van der Waals surface area (Å²) >= 11 is 0. The largest absolute Gasteiger partial charge is 0.486 e. The molecule has 5 rings (SSSR count). The molecule has 0 bridgehead atoms. The number of amides is 2. The van der Waals surface area contributed by atoms with Gasteiger partial charge in [-0.05, 0) is 37.1 Å². The number of anilines is 1. The molecule has 0 unspecified atom stereocenters. The van der Waals surface area contributed by atoms with Gasteiger partial charge in [0, 0.05) is 37.0 Å². The lowest BCUT2D eigenvalue weighted by Gasteiger charge is -2.30. The summed E-state index contributed by atoms with van der Waals surface area (Å²) in [5.41, 5.74) is 1.37. The predicted octanol–water partition coefficient (Wildman–Crippen LogP) is 3.31. The number of hydrogen-bond donors (Lipinski definition) is 1. The van der Waals surface area contributed by atoms with Crippen LogP contribution in [0.2, 0.25) is 0 Å². The van der Waals surface area contributed by atoms with Crippen LogP contribution in [-0.4, -0.2) is 52.4 Å². The number of likely N-dealkylation sites (tertiary alicyclic amines) is 1. The van der Waals surface area contributed by atoms with Crippen LogP contribution in [0.15, 0.2) is 47.1 Å². The highest BCUT2D eigenvalue weighted by Crippen LogP contribution is 2.33. The second-order valence-corrected chi connectivity index (χ2v) is 7.22. The van der Waals surface area contributed by atoms with E-state index in [4.69, 9.17) is 14.0 Å². The Morgan fingerprint density at radius 3 is 2.70 bits per heavy atom. The van der Waals surface area contributed by atoms with Gasteiger partial charge in [0.1, 0.15) is 18.9 Å². The molecule has 0 spiro atoms. The molecule has 0 saturated carbocycles. The van der Waals surface area contributed by atoms with Crippen LogP contribution in [0, 0.1) is 0 Å². The fraction of sp³-hybridized carbons (Fsp3) is 0.333. The van der Waals surface area contributed by atoms with Gasteiger partial charge in [-0.15, -0.1) is 0 Å². The van der Waals surface area contributed by atoms with Gasteiger partial charge in [-0.2, -0.15) is 4.98 Å². The summed E-state index contributed by atoms with van der Waals surface area (Å²) in [6.07, 6.45) is 3.22. The number of piperidine rings is 1. The van der Waals surface area contributed by atoms with Gasteiger partial charge in [0.25, 0.3) is 0 Å². The fourth-order valence-electron chi connectivity index (χ4n) is 3.65. The van der Waals surface area contributed by atoms with E-state index in [2.05, 4.69) is 20.4 Å². The van der Waals surface area contributed by atoms with Gasteiger partial charge in [-0.25, -0.2) is 4.79 Å². The molecule has 30 heavy (non-hydrogen) atoms. The van der Waals surface area contributed by atoms with E-state index in [9.17, 15) is 4.79 Å². The first-order valence-corrected chi connectivity index (χ1v) is 9.97. The topological polar surface area (TPSA) is 103 Å². The minimum atomic E-state index is -0.134. The summed E-state index contributed by atoms with van der Waals surface area (Å²) in [5, 5.41) is 6.98. The number of pyridine rings is 1. The van der Waals surface area contributed by atoms with Gasteiger partial charge in [-0.3, -0.25) is 4.98 Å². The Morgan fingerprint density at radius 1 is 1.07 bits per heavy atom. The molecule has 1 aromatic carbocycles. The van der Waals surface area contributed by atoms with E-state index >= 15 is 0 Å². The van der Waals surface area contributed by atoms with E-state index in [0.717, 1.165) is 12.8 Å². The van der Waals surface area contributed by atoms with Crippen molar-refractivity contribution in [3.05, 3.63) is 48.5 Å². The van der Waals surface area contributed by atoms with Crippen LogP contribution in [0.1, 0.15) is 24.7 Å². The molecule has 9 nitrogen and oxygen atoms in total. The Morgan fingerprint density at radius 2 is 1.90 bits per heavy atom. The standard InChI is InChI=1S/C21H21N5O4/c27-21(23-15-4-5-17-18(13-15)29-12-11-28-17)26-9-6-14(7-10-26)20-24-19(25-30-20)16-3-1-2-8-22-16/h1-5,8,13-14H,6-7,9-12H2,(H,23,27). The van der Waals surface area contributed by atoms with Crippen molar-refractivity contribution < 1.29 is 18.8 Å². The van der Waals surface area contributed by atoms with Crippen molar-refractivity contribution in [3.8, 4) is 23.0 Å². The second kappa shape index (κ2) is 8.02.